The third-order valence-electron chi connectivity index (χ3n) is 7.77. The topological polar surface area (TPSA) is 123 Å². The fraction of sp³-hybridized carbons (Fsp3) is 0.423. The molecule has 2 aromatic heterocycles. The number of carbonyl (C=O) groups is 1. The van der Waals surface area contributed by atoms with E-state index in [1.807, 2.05) is 17.9 Å². The van der Waals surface area contributed by atoms with E-state index in [9.17, 15) is 13.2 Å². The van der Waals surface area contributed by atoms with Crippen molar-refractivity contribution in [2.45, 2.75) is 54.7 Å². The predicted molar refractivity (Wildman–Crippen MR) is 137 cm³/mol. The summed E-state index contributed by atoms with van der Waals surface area (Å²) < 4.78 is 27.1. The number of rotatable bonds is 5. The summed E-state index contributed by atoms with van der Waals surface area (Å²) in [6.07, 6.45) is 5.11. The number of likely N-dealkylation sites (tertiary alicyclic amines) is 1. The Balaban J connectivity index is 1.28. The van der Waals surface area contributed by atoms with E-state index in [-0.39, 0.29) is 16.7 Å². The van der Waals surface area contributed by atoms with Gasteiger partial charge < -0.3 is 16.0 Å². The largest absolute Gasteiger partial charge is 0.383 e. The average molecular weight is 507 g/mol. The Kier molecular flexibility index (Phi) is 5.33. The number of aromatic nitrogens is 3. The van der Waals surface area contributed by atoms with Gasteiger partial charge >= 0.3 is 6.03 Å². The second-order valence-electron chi connectivity index (χ2n) is 10.1. The smallest absolute Gasteiger partial charge is 0.317 e. The first-order valence-electron chi connectivity index (χ1n) is 12.5. The van der Waals surface area contributed by atoms with Gasteiger partial charge in [0.1, 0.15) is 5.82 Å². The molecule has 2 amide bonds. The maximum Gasteiger partial charge on any atom is 0.317 e. The summed E-state index contributed by atoms with van der Waals surface area (Å²) in [4.78, 5) is 19.1. The molecule has 10 heteroatoms. The first kappa shape index (κ1) is 23.0. The molecule has 1 saturated carbocycles. The van der Waals surface area contributed by atoms with Gasteiger partial charge in [0, 0.05) is 54.6 Å². The van der Waals surface area contributed by atoms with Crippen LogP contribution in [-0.2, 0) is 21.8 Å². The van der Waals surface area contributed by atoms with Gasteiger partial charge in [0.25, 0.3) is 0 Å². The molecule has 0 unspecified atom stereocenters. The normalized spacial score (nSPS) is 21.2. The molecule has 3 aliphatic rings. The van der Waals surface area contributed by atoms with Crippen molar-refractivity contribution in [3.63, 3.8) is 0 Å². The van der Waals surface area contributed by atoms with Gasteiger partial charge in [-0.05, 0) is 62.4 Å². The summed E-state index contributed by atoms with van der Waals surface area (Å²) in [7, 11) is -3.24. The molecule has 1 spiro atoms. The van der Waals surface area contributed by atoms with Gasteiger partial charge in [-0.3, -0.25) is 4.68 Å². The molecule has 1 saturated heterocycles. The van der Waals surface area contributed by atoms with E-state index in [0.717, 1.165) is 66.9 Å². The molecule has 1 aliphatic carbocycles. The number of hydrogen-bond acceptors (Lipinski definition) is 6. The summed E-state index contributed by atoms with van der Waals surface area (Å²) in [6, 6.07) is 11.0. The molecule has 4 heterocycles. The molecule has 0 bridgehead atoms. The molecule has 3 N–H and O–H groups in total. The van der Waals surface area contributed by atoms with Gasteiger partial charge in [0.15, 0.2) is 9.84 Å². The van der Waals surface area contributed by atoms with Crippen molar-refractivity contribution < 1.29 is 13.2 Å². The van der Waals surface area contributed by atoms with Crippen LogP contribution in [0.1, 0.15) is 38.3 Å². The summed E-state index contributed by atoms with van der Waals surface area (Å²) in [5, 5.41) is 7.53. The van der Waals surface area contributed by atoms with Crippen LogP contribution in [0, 0.1) is 0 Å². The lowest BCUT2D eigenvalue weighted by molar-refractivity contribution is 0.206. The van der Waals surface area contributed by atoms with Gasteiger partial charge in [-0.25, -0.2) is 18.2 Å². The monoisotopic (exact) mass is 506 g/mol. The highest BCUT2D eigenvalue weighted by atomic mass is 32.2. The van der Waals surface area contributed by atoms with Crippen LogP contribution in [0.25, 0.3) is 22.4 Å². The average Bonchev–Trinajstić information content (AvgIpc) is 3.39. The standard InChI is InChI=1S/C26H30N6O3S/c1-2-28-25(33)31-11-9-26(16-31)10-12-32-23(26)14-22(30-32)18-13-21(24(27)29-15-18)17-3-5-19(6-4-17)36(34,35)20-7-8-20/h3-6,13-15,20H,2,7-12,16H2,1H3,(H2,27,29)(H,28,33)/t26-/m1/s1. The summed E-state index contributed by atoms with van der Waals surface area (Å²) in [5.74, 6) is 0.383. The first-order valence-corrected chi connectivity index (χ1v) is 14.1. The highest BCUT2D eigenvalue weighted by molar-refractivity contribution is 7.92. The number of nitrogen functional groups attached to an aromatic ring is 1. The number of aryl methyl sites for hydroxylation is 1. The third kappa shape index (κ3) is 3.75. The number of benzene rings is 1. The van der Waals surface area contributed by atoms with Crippen LogP contribution < -0.4 is 11.1 Å². The molecular formula is C26H30N6O3S. The Morgan fingerprint density at radius 1 is 1.14 bits per heavy atom. The minimum atomic E-state index is -3.24. The van der Waals surface area contributed by atoms with E-state index in [2.05, 4.69) is 21.0 Å². The lowest BCUT2D eigenvalue weighted by Gasteiger charge is -2.23. The molecule has 36 heavy (non-hydrogen) atoms. The van der Waals surface area contributed by atoms with Gasteiger partial charge in [0.05, 0.1) is 15.8 Å². The fourth-order valence-electron chi connectivity index (χ4n) is 5.57. The number of anilines is 1. The van der Waals surface area contributed by atoms with Crippen LogP contribution in [0.2, 0.25) is 0 Å². The van der Waals surface area contributed by atoms with Crippen LogP contribution in [-0.4, -0.2) is 59.0 Å². The Hall–Kier alpha value is -3.40. The number of hydrogen-bond donors (Lipinski definition) is 2. The Bertz CT molecular complexity index is 1440. The Morgan fingerprint density at radius 2 is 1.89 bits per heavy atom. The fourth-order valence-corrected chi connectivity index (χ4v) is 7.22. The molecule has 6 rings (SSSR count). The maximum atomic E-state index is 12.5. The second-order valence-corrected chi connectivity index (χ2v) is 12.3. The van der Waals surface area contributed by atoms with Crippen molar-refractivity contribution in [2.75, 3.05) is 25.4 Å². The summed E-state index contributed by atoms with van der Waals surface area (Å²) in [6.45, 7) is 4.82. The molecule has 2 aliphatic heterocycles. The van der Waals surface area contributed by atoms with Gasteiger partial charge in [0.2, 0.25) is 0 Å². The highest BCUT2D eigenvalue weighted by Crippen LogP contribution is 2.44. The van der Waals surface area contributed by atoms with E-state index in [0.29, 0.717) is 23.8 Å². The molecule has 3 aromatic rings. The van der Waals surface area contributed by atoms with Crippen molar-refractivity contribution in [3.05, 3.63) is 48.3 Å². The number of urea groups is 1. The number of nitrogens with two attached hydrogens (primary N) is 1. The number of nitrogens with zero attached hydrogens (tertiary/aromatic N) is 4. The molecule has 9 nitrogen and oxygen atoms in total. The molecule has 188 valence electrons. The molecular weight excluding hydrogens is 476 g/mol. The van der Waals surface area contributed by atoms with E-state index < -0.39 is 9.84 Å². The van der Waals surface area contributed by atoms with Crippen molar-refractivity contribution in [1.82, 2.24) is 25.0 Å². The summed E-state index contributed by atoms with van der Waals surface area (Å²) >= 11 is 0. The predicted octanol–water partition coefficient (Wildman–Crippen LogP) is 3.21. The maximum absolute atomic E-state index is 12.5. The van der Waals surface area contributed by atoms with E-state index in [4.69, 9.17) is 10.8 Å². The zero-order valence-corrected chi connectivity index (χ0v) is 21.1. The number of amides is 2. The van der Waals surface area contributed by atoms with Gasteiger partial charge in [-0.2, -0.15) is 5.10 Å². The lowest BCUT2D eigenvalue weighted by Crippen LogP contribution is -2.40. The molecule has 2 fully saturated rings. The first-order chi connectivity index (χ1) is 17.3. The lowest BCUT2D eigenvalue weighted by atomic mass is 9.82. The number of pyridine rings is 1. The van der Waals surface area contributed by atoms with Gasteiger partial charge in [-0.1, -0.05) is 12.1 Å². The zero-order valence-electron chi connectivity index (χ0n) is 20.3. The SMILES string of the molecule is CCNC(=O)N1CC[C@@]2(CCn3nc(-c4cnc(N)c(-c5ccc(S(=O)(=O)C6CC6)cc5)c4)cc32)C1. The summed E-state index contributed by atoms with van der Waals surface area (Å²) in [5.41, 5.74) is 10.5. The second kappa shape index (κ2) is 8.33. The van der Waals surface area contributed by atoms with E-state index in [1.54, 1.807) is 30.5 Å². The van der Waals surface area contributed by atoms with Crippen molar-refractivity contribution in [2.24, 2.45) is 0 Å². The molecule has 1 aromatic carbocycles. The van der Waals surface area contributed by atoms with Crippen molar-refractivity contribution >= 4 is 21.7 Å². The number of fused-ring (bicyclic) bond motifs is 2. The van der Waals surface area contributed by atoms with Crippen molar-refractivity contribution in [1.29, 1.82) is 0 Å². The Labute approximate surface area is 210 Å². The van der Waals surface area contributed by atoms with Crippen LogP contribution in [0.4, 0.5) is 10.6 Å². The third-order valence-corrected chi connectivity index (χ3v) is 10.0. The Morgan fingerprint density at radius 3 is 2.61 bits per heavy atom. The van der Waals surface area contributed by atoms with E-state index >= 15 is 0 Å². The van der Waals surface area contributed by atoms with Crippen molar-refractivity contribution in [3.8, 4) is 22.4 Å². The number of carbonyl (C=O) groups excluding carboxylic acids is 1. The zero-order chi connectivity index (χ0) is 25.1. The quantitative estimate of drug-likeness (QED) is 0.548. The van der Waals surface area contributed by atoms with Gasteiger partial charge in [-0.15, -0.1) is 0 Å². The number of nitrogens with one attached hydrogen (secondary N) is 1. The molecule has 1 atom stereocenters. The van der Waals surface area contributed by atoms with Crippen LogP contribution in [0.5, 0.6) is 0 Å². The van der Waals surface area contributed by atoms with E-state index in [1.165, 1.54) is 0 Å². The molecule has 0 radical (unpaired) electrons. The van der Waals surface area contributed by atoms with Crippen LogP contribution in [0.3, 0.4) is 0 Å². The number of sulfone groups is 1. The minimum absolute atomic E-state index is 0.00381. The van der Waals surface area contributed by atoms with Crippen LogP contribution >= 0.6 is 0 Å². The highest BCUT2D eigenvalue weighted by Gasteiger charge is 2.47. The van der Waals surface area contributed by atoms with Crippen LogP contribution in [0.15, 0.2) is 47.5 Å². The minimum Gasteiger partial charge on any atom is -0.383 e.